The lowest BCUT2D eigenvalue weighted by Crippen LogP contribution is -2.37. The van der Waals surface area contributed by atoms with Crippen LogP contribution in [0.4, 0.5) is 10.1 Å². The summed E-state index contributed by atoms with van der Waals surface area (Å²) in [7, 11) is 0. The number of hydrogen-bond donors (Lipinski definition) is 2. The van der Waals surface area contributed by atoms with Gasteiger partial charge in [0.1, 0.15) is 5.82 Å². The molecule has 0 unspecified atom stereocenters. The van der Waals surface area contributed by atoms with E-state index in [-0.39, 0.29) is 18.0 Å². The Labute approximate surface area is 110 Å². The molecule has 6 heteroatoms. The molecule has 19 heavy (non-hydrogen) atoms. The molecule has 5 nitrogen and oxygen atoms in total. The molecular formula is C13H16FN3O2. The van der Waals surface area contributed by atoms with Crippen LogP contribution in [0, 0.1) is 12.7 Å². The molecule has 2 amide bonds. The van der Waals surface area contributed by atoms with Gasteiger partial charge < -0.3 is 16.0 Å². The molecule has 102 valence electrons. The maximum absolute atomic E-state index is 14.0. The molecule has 1 heterocycles. The van der Waals surface area contributed by atoms with Crippen LogP contribution in [0.5, 0.6) is 0 Å². The Morgan fingerprint density at radius 3 is 2.95 bits per heavy atom. The van der Waals surface area contributed by atoms with Gasteiger partial charge in [-0.1, -0.05) is 0 Å². The van der Waals surface area contributed by atoms with E-state index >= 15 is 0 Å². The number of nitrogens with one attached hydrogen (secondary N) is 1. The molecule has 0 radical (unpaired) electrons. The molecule has 1 aliphatic rings. The first-order valence-corrected chi connectivity index (χ1v) is 6.10. The van der Waals surface area contributed by atoms with Gasteiger partial charge in [0, 0.05) is 18.8 Å². The zero-order valence-electron chi connectivity index (χ0n) is 10.7. The second-order valence-electron chi connectivity index (χ2n) is 4.63. The molecular weight excluding hydrogens is 249 g/mol. The van der Waals surface area contributed by atoms with Crippen molar-refractivity contribution in [3.05, 3.63) is 29.1 Å². The van der Waals surface area contributed by atoms with Gasteiger partial charge in [0.15, 0.2) is 0 Å². The minimum Gasteiger partial charge on any atom is -0.399 e. The van der Waals surface area contributed by atoms with E-state index in [4.69, 9.17) is 5.73 Å². The molecule has 1 aromatic rings. The summed E-state index contributed by atoms with van der Waals surface area (Å²) in [4.78, 5) is 25.0. The standard InChI is InChI=1S/C13H16FN3O2/c1-8-5-9(15)6-10(12(8)14)13(19)17-4-2-3-16-11(18)7-17/h5-6H,2-4,7,15H2,1H3,(H,16,18). The fraction of sp³-hybridized carbons (Fsp3) is 0.385. The second-order valence-corrected chi connectivity index (χ2v) is 4.63. The van der Waals surface area contributed by atoms with E-state index in [9.17, 15) is 14.0 Å². The zero-order valence-corrected chi connectivity index (χ0v) is 10.7. The number of hydrogen-bond acceptors (Lipinski definition) is 3. The SMILES string of the molecule is Cc1cc(N)cc(C(=O)N2CCCNC(=O)C2)c1F. The molecule has 0 saturated carbocycles. The smallest absolute Gasteiger partial charge is 0.257 e. The van der Waals surface area contributed by atoms with Gasteiger partial charge in [0.05, 0.1) is 12.1 Å². The molecule has 1 aromatic carbocycles. The summed E-state index contributed by atoms with van der Waals surface area (Å²) in [6, 6.07) is 2.79. The number of benzene rings is 1. The summed E-state index contributed by atoms with van der Waals surface area (Å²) in [6.07, 6.45) is 0.653. The average molecular weight is 265 g/mol. The lowest BCUT2D eigenvalue weighted by atomic mass is 10.1. The van der Waals surface area contributed by atoms with Crippen LogP contribution in [-0.2, 0) is 4.79 Å². The summed E-state index contributed by atoms with van der Waals surface area (Å²) >= 11 is 0. The number of anilines is 1. The van der Waals surface area contributed by atoms with E-state index in [1.165, 1.54) is 17.0 Å². The topological polar surface area (TPSA) is 75.4 Å². The van der Waals surface area contributed by atoms with Gasteiger partial charge in [-0.15, -0.1) is 0 Å². The van der Waals surface area contributed by atoms with Gasteiger partial charge in [-0.25, -0.2) is 4.39 Å². The fourth-order valence-electron chi connectivity index (χ4n) is 2.10. The van der Waals surface area contributed by atoms with Crippen LogP contribution in [0.2, 0.25) is 0 Å². The van der Waals surface area contributed by atoms with Crippen molar-refractivity contribution in [2.45, 2.75) is 13.3 Å². The Bertz CT molecular complexity index is 531. The highest BCUT2D eigenvalue weighted by atomic mass is 19.1. The van der Waals surface area contributed by atoms with Gasteiger partial charge in [-0.3, -0.25) is 9.59 Å². The maximum Gasteiger partial charge on any atom is 0.257 e. The first-order valence-electron chi connectivity index (χ1n) is 6.10. The Morgan fingerprint density at radius 1 is 1.47 bits per heavy atom. The molecule has 0 aliphatic carbocycles. The average Bonchev–Trinajstić information content (AvgIpc) is 2.57. The van der Waals surface area contributed by atoms with Crippen molar-refractivity contribution in [3.63, 3.8) is 0 Å². The lowest BCUT2D eigenvalue weighted by Gasteiger charge is -2.20. The minimum atomic E-state index is -0.580. The Morgan fingerprint density at radius 2 is 2.21 bits per heavy atom. The van der Waals surface area contributed by atoms with Crippen molar-refractivity contribution in [1.29, 1.82) is 0 Å². The molecule has 1 fully saturated rings. The number of nitrogens with two attached hydrogens (primary N) is 1. The summed E-state index contributed by atoms with van der Waals surface area (Å²) in [5.74, 6) is -1.30. The predicted octanol–water partition coefficient (Wildman–Crippen LogP) is 0.678. The van der Waals surface area contributed by atoms with Crippen molar-refractivity contribution in [3.8, 4) is 0 Å². The molecule has 3 N–H and O–H groups in total. The summed E-state index contributed by atoms with van der Waals surface area (Å²) < 4.78 is 14.0. The maximum atomic E-state index is 14.0. The first kappa shape index (κ1) is 13.3. The highest BCUT2D eigenvalue weighted by Crippen LogP contribution is 2.19. The number of aryl methyl sites for hydroxylation is 1. The normalized spacial score (nSPS) is 15.9. The van der Waals surface area contributed by atoms with E-state index in [1.807, 2.05) is 0 Å². The van der Waals surface area contributed by atoms with E-state index in [0.29, 0.717) is 30.8 Å². The third kappa shape index (κ3) is 2.83. The number of carbonyl (C=O) groups is 2. The monoisotopic (exact) mass is 265 g/mol. The highest BCUT2D eigenvalue weighted by molar-refractivity contribution is 5.97. The molecule has 0 spiro atoms. The number of rotatable bonds is 1. The van der Waals surface area contributed by atoms with E-state index in [0.717, 1.165) is 0 Å². The van der Waals surface area contributed by atoms with E-state index in [2.05, 4.69) is 5.32 Å². The highest BCUT2D eigenvalue weighted by Gasteiger charge is 2.24. The number of nitrogens with zero attached hydrogens (tertiary/aromatic N) is 1. The minimum absolute atomic E-state index is 0.0495. The van der Waals surface area contributed by atoms with E-state index in [1.54, 1.807) is 6.92 Å². The van der Waals surface area contributed by atoms with Gasteiger partial charge in [0.25, 0.3) is 5.91 Å². The third-order valence-electron chi connectivity index (χ3n) is 3.06. The van der Waals surface area contributed by atoms with E-state index < -0.39 is 11.7 Å². The zero-order chi connectivity index (χ0) is 14.0. The Hall–Kier alpha value is -2.11. The lowest BCUT2D eigenvalue weighted by molar-refractivity contribution is -0.121. The largest absolute Gasteiger partial charge is 0.399 e. The Balaban J connectivity index is 2.30. The Kier molecular flexibility index (Phi) is 3.69. The van der Waals surface area contributed by atoms with Gasteiger partial charge >= 0.3 is 0 Å². The summed E-state index contributed by atoms with van der Waals surface area (Å²) in [5, 5.41) is 2.67. The van der Waals surface area contributed by atoms with Crippen LogP contribution in [0.15, 0.2) is 12.1 Å². The molecule has 2 rings (SSSR count). The van der Waals surface area contributed by atoms with Crippen LogP contribution in [0.1, 0.15) is 22.3 Å². The van der Waals surface area contributed by atoms with Crippen molar-refractivity contribution in [1.82, 2.24) is 10.2 Å². The number of nitrogen functional groups attached to an aromatic ring is 1. The summed E-state index contributed by atoms with van der Waals surface area (Å²) in [5.41, 5.74) is 6.22. The second kappa shape index (κ2) is 5.26. The number of amides is 2. The predicted molar refractivity (Wildman–Crippen MR) is 69.1 cm³/mol. The molecule has 0 aromatic heterocycles. The third-order valence-corrected chi connectivity index (χ3v) is 3.06. The fourth-order valence-corrected chi connectivity index (χ4v) is 2.10. The van der Waals surface area contributed by atoms with Crippen molar-refractivity contribution >= 4 is 17.5 Å². The quantitative estimate of drug-likeness (QED) is 0.733. The summed E-state index contributed by atoms with van der Waals surface area (Å²) in [6.45, 7) is 2.45. The molecule has 0 bridgehead atoms. The van der Waals surface area contributed by atoms with Crippen LogP contribution in [0.25, 0.3) is 0 Å². The van der Waals surface area contributed by atoms with Gasteiger partial charge in [-0.05, 0) is 31.0 Å². The number of carbonyl (C=O) groups excluding carboxylic acids is 2. The van der Waals surface area contributed by atoms with Gasteiger partial charge in [0.2, 0.25) is 5.91 Å². The molecule has 1 aliphatic heterocycles. The molecule has 0 atom stereocenters. The van der Waals surface area contributed by atoms with Gasteiger partial charge in [-0.2, -0.15) is 0 Å². The van der Waals surface area contributed by atoms with Crippen molar-refractivity contribution in [2.75, 3.05) is 25.4 Å². The number of halogens is 1. The molecule has 1 saturated heterocycles. The first-order chi connectivity index (χ1) is 8.99. The van der Waals surface area contributed by atoms with Crippen LogP contribution >= 0.6 is 0 Å². The van der Waals surface area contributed by atoms with Crippen LogP contribution in [-0.4, -0.2) is 36.3 Å². The van der Waals surface area contributed by atoms with Crippen molar-refractivity contribution < 1.29 is 14.0 Å². The van der Waals surface area contributed by atoms with Crippen LogP contribution < -0.4 is 11.1 Å². The van der Waals surface area contributed by atoms with Crippen molar-refractivity contribution in [2.24, 2.45) is 0 Å². The van der Waals surface area contributed by atoms with Crippen LogP contribution in [0.3, 0.4) is 0 Å².